The number of benzene rings is 1. The van der Waals surface area contributed by atoms with Crippen LogP contribution in [0.1, 0.15) is 36.2 Å². The Bertz CT molecular complexity index is 458. The Balaban J connectivity index is 2.82. The third-order valence-corrected chi connectivity index (χ3v) is 2.61. The molecule has 0 saturated carbocycles. The topological polar surface area (TPSA) is 67.4 Å². The van der Waals surface area contributed by atoms with Crippen molar-refractivity contribution in [2.24, 2.45) is 0 Å². The first-order valence-electron chi connectivity index (χ1n) is 6.41. The summed E-state index contributed by atoms with van der Waals surface area (Å²) >= 11 is 0. The van der Waals surface area contributed by atoms with Gasteiger partial charge >= 0.3 is 12.0 Å². The smallest absolute Gasteiger partial charge is 0.338 e. The molecule has 2 amide bonds. The SMILES string of the molecule is CCCNC(=O)Nc1cccc(C(=O)OCC)c1C. The second-order valence-corrected chi connectivity index (χ2v) is 4.08. The molecule has 0 bridgehead atoms. The van der Waals surface area contributed by atoms with Gasteiger partial charge in [-0.3, -0.25) is 0 Å². The van der Waals surface area contributed by atoms with E-state index < -0.39 is 0 Å². The van der Waals surface area contributed by atoms with Crippen molar-refractivity contribution in [1.29, 1.82) is 0 Å². The van der Waals surface area contributed by atoms with Crippen molar-refractivity contribution < 1.29 is 14.3 Å². The van der Waals surface area contributed by atoms with Gasteiger partial charge in [0.05, 0.1) is 12.2 Å². The van der Waals surface area contributed by atoms with Crippen molar-refractivity contribution in [1.82, 2.24) is 5.32 Å². The van der Waals surface area contributed by atoms with Crippen molar-refractivity contribution in [3.63, 3.8) is 0 Å². The van der Waals surface area contributed by atoms with E-state index in [1.54, 1.807) is 32.0 Å². The fourth-order valence-corrected chi connectivity index (χ4v) is 1.61. The van der Waals surface area contributed by atoms with Crippen LogP contribution < -0.4 is 10.6 Å². The molecular formula is C14H20N2O3. The van der Waals surface area contributed by atoms with E-state index in [-0.39, 0.29) is 12.0 Å². The molecule has 0 aliphatic carbocycles. The normalized spacial score (nSPS) is 9.84. The van der Waals surface area contributed by atoms with Crippen LogP contribution in [0.4, 0.5) is 10.5 Å². The van der Waals surface area contributed by atoms with E-state index in [4.69, 9.17) is 4.74 Å². The lowest BCUT2D eigenvalue weighted by Crippen LogP contribution is -2.29. The van der Waals surface area contributed by atoms with Crippen molar-refractivity contribution in [2.45, 2.75) is 27.2 Å². The molecule has 2 N–H and O–H groups in total. The maximum absolute atomic E-state index is 11.7. The number of ether oxygens (including phenoxy) is 1. The minimum absolute atomic E-state index is 0.272. The van der Waals surface area contributed by atoms with Crippen LogP contribution in [0.25, 0.3) is 0 Å². The van der Waals surface area contributed by atoms with Gasteiger partial charge in [-0.1, -0.05) is 13.0 Å². The highest BCUT2D eigenvalue weighted by atomic mass is 16.5. The third-order valence-electron chi connectivity index (χ3n) is 2.61. The van der Waals surface area contributed by atoms with E-state index in [0.717, 1.165) is 6.42 Å². The Morgan fingerprint density at radius 2 is 2.00 bits per heavy atom. The lowest BCUT2D eigenvalue weighted by Gasteiger charge is -2.12. The lowest BCUT2D eigenvalue weighted by atomic mass is 10.1. The Morgan fingerprint density at radius 3 is 2.63 bits per heavy atom. The van der Waals surface area contributed by atoms with Crippen LogP contribution in [0.2, 0.25) is 0 Å². The molecule has 0 aliphatic heterocycles. The van der Waals surface area contributed by atoms with Crippen LogP contribution in [-0.4, -0.2) is 25.2 Å². The Morgan fingerprint density at radius 1 is 1.26 bits per heavy atom. The monoisotopic (exact) mass is 264 g/mol. The number of esters is 1. The fraction of sp³-hybridized carbons (Fsp3) is 0.429. The quantitative estimate of drug-likeness (QED) is 0.803. The van der Waals surface area contributed by atoms with Crippen LogP contribution in [0, 0.1) is 6.92 Å². The van der Waals surface area contributed by atoms with Gasteiger partial charge in [0.2, 0.25) is 0 Å². The van der Waals surface area contributed by atoms with Crippen molar-refractivity contribution in [2.75, 3.05) is 18.5 Å². The third kappa shape index (κ3) is 4.28. The number of hydrogen-bond donors (Lipinski definition) is 2. The molecule has 0 heterocycles. The molecule has 5 nitrogen and oxygen atoms in total. The number of rotatable bonds is 5. The van der Waals surface area contributed by atoms with E-state index >= 15 is 0 Å². The average Bonchev–Trinajstić information content (AvgIpc) is 2.39. The molecule has 0 spiro atoms. The number of hydrogen-bond acceptors (Lipinski definition) is 3. The summed E-state index contributed by atoms with van der Waals surface area (Å²) in [5, 5.41) is 5.44. The standard InChI is InChI=1S/C14H20N2O3/c1-4-9-15-14(18)16-12-8-6-7-11(10(12)3)13(17)19-5-2/h6-8H,4-5,9H2,1-3H3,(H2,15,16,18). The zero-order chi connectivity index (χ0) is 14.3. The minimum atomic E-state index is -0.377. The molecular weight excluding hydrogens is 244 g/mol. The summed E-state index contributed by atoms with van der Waals surface area (Å²) in [6.45, 7) is 6.46. The number of nitrogens with one attached hydrogen (secondary N) is 2. The number of carbonyl (C=O) groups is 2. The van der Waals surface area contributed by atoms with Crippen molar-refractivity contribution >= 4 is 17.7 Å². The summed E-state index contributed by atoms with van der Waals surface area (Å²) in [6.07, 6.45) is 0.870. The predicted octanol–water partition coefficient (Wildman–Crippen LogP) is 2.70. The molecule has 5 heteroatoms. The molecule has 1 aromatic rings. The number of carbonyl (C=O) groups excluding carboxylic acids is 2. The summed E-state index contributed by atoms with van der Waals surface area (Å²) in [4.78, 5) is 23.3. The first kappa shape index (κ1) is 15.0. The number of urea groups is 1. The van der Waals surface area contributed by atoms with Gasteiger partial charge in [-0.25, -0.2) is 9.59 Å². The zero-order valence-corrected chi connectivity index (χ0v) is 11.6. The van der Waals surface area contributed by atoms with Crippen molar-refractivity contribution in [3.05, 3.63) is 29.3 Å². The van der Waals surface area contributed by atoms with Gasteiger partial charge in [0.25, 0.3) is 0 Å². The Hall–Kier alpha value is -2.04. The molecule has 1 rings (SSSR count). The molecule has 0 fully saturated rings. The van der Waals surface area contributed by atoms with Crippen LogP contribution >= 0.6 is 0 Å². The molecule has 0 aliphatic rings. The van der Waals surface area contributed by atoms with Crippen LogP contribution in [-0.2, 0) is 4.74 Å². The summed E-state index contributed by atoms with van der Waals surface area (Å²) in [5.41, 5.74) is 1.78. The number of anilines is 1. The van der Waals surface area contributed by atoms with Gasteiger partial charge in [-0.05, 0) is 38.0 Å². The minimum Gasteiger partial charge on any atom is -0.462 e. The van der Waals surface area contributed by atoms with Gasteiger partial charge < -0.3 is 15.4 Å². The average molecular weight is 264 g/mol. The van der Waals surface area contributed by atoms with Crippen LogP contribution in [0.5, 0.6) is 0 Å². The maximum atomic E-state index is 11.7. The largest absolute Gasteiger partial charge is 0.462 e. The van der Waals surface area contributed by atoms with Crippen LogP contribution in [0.3, 0.4) is 0 Å². The highest BCUT2D eigenvalue weighted by molar-refractivity contribution is 5.96. The van der Waals surface area contributed by atoms with E-state index in [9.17, 15) is 9.59 Å². The molecule has 0 atom stereocenters. The van der Waals surface area contributed by atoms with Gasteiger partial charge in [-0.2, -0.15) is 0 Å². The molecule has 0 unspecified atom stereocenters. The second-order valence-electron chi connectivity index (χ2n) is 4.08. The van der Waals surface area contributed by atoms with Crippen molar-refractivity contribution in [3.8, 4) is 0 Å². The van der Waals surface area contributed by atoms with E-state index in [0.29, 0.717) is 30.0 Å². The number of amides is 2. The van der Waals surface area contributed by atoms with Gasteiger partial charge in [0.1, 0.15) is 0 Å². The summed E-state index contributed by atoms with van der Waals surface area (Å²) in [7, 11) is 0. The maximum Gasteiger partial charge on any atom is 0.338 e. The molecule has 104 valence electrons. The summed E-state index contributed by atoms with van der Waals surface area (Å²) in [6, 6.07) is 4.88. The summed E-state index contributed by atoms with van der Waals surface area (Å²) < 4.78 is 4.97. The molecule has 0 radical (unpaired) electrons. The lowest BCUT2D eigenvalue weighted by molar-refractivity contribution is 0.0525. The van der Waals surface area contributed by atoms with E-state index in [1.165, 1.54) is 0 Å². The van der Waals surface area contributed by atoms with Crippen LogP contribution in [0.15, 0.2) is 18.2 Å². The first-order chi connectivity index (χ1) is 9.10. The van der Waals surface area contributed by atoms with E-state index in [1.807, 2.05) is 6.92 Å². The van der Waals surface area contributed by atoms with Gasteiger partial charge in [-0.15, -0.1) is 0 Å². The summed E-state index contributed by atoms with van der Waals surface area (Å²) in [5.74, 6) is -0.377. The predicted molar refractivity (Wildman–Crippen MR) is 74.4 cm³/mol. The Labute approximate surface area is 113 Å². The van der Waals surface area contributed by atoms with E-state index in [2.05, 4.69) is 10.6 Å². The molecule has 1 aromatic carbocycles. The molecule has 0 aromatic heterocycles. The first-order valence-corrected chi connectivity index (χ1v) is 6.41. The highest BCUT2D eigenvalue weighted by Gasteiger charge is 2.13. The molecule has 19 heavy (non-hydrogen) atoms. The zero-order valence-electron chi connectivity index (χ0n) is 11.6. The van der Waals surface area contributed by atoms with Gasteiger partial charge in [0, 0.05) is 12.2 Å². The molecule has 0 saturated heterocycles. The van der Waals surface area contributed by atoms with Gasteiger partial charge in [0.15, 0.2) is 0 Å². The highest BCUT2D eigenvalue weighted by Crippen LogP contribution is 2.19. The Kier molecular flexibility index (Phi) is 5.85. The fourth-order valence-electron chi connectivity index (χ4n) is 1.61. The second kappa shape index (κ2) is 7.41.